The summed E-state index contributed by atoms with van der Waals surface area (Å²) in [5, 5.41) is 2.71. The van der Waals surface area contributed by atoms with Gasteiger partial charge < -0.3 is 10.1 Å². The zero-order valence-corrected chi connectivity index (χ0v) is 13.7. The number of halogens is 1. The minimum atomic E-state index is -1.36. The molecule has 0 radical (unpaired) electrons. The SMILES string of the molecule is COc1ccc(NC(=O)C[S@](=O)c2ccc(Br)cc2)cc1. The molecule has 2 aromatic carbocycles. The molecule has 1 atom stereocenters. The molecule has 1 N–H and O–H groups in total. The van der Waals surface area contributed by atoms with Crippen molar-refractivity contribution < 1.29 is 13.7 Å². The summed E-state index contributed by atoms with van der Waals surface area (Å²) in [6.45, 7) is 0. The topological polar surface area (TPSA) is 55.4 Å². The molecule has 0 heterocycles. The molecule has 2 aromatic rings. The molecule has 0 aliphatic rings. The fourth-order valence-corrected chi connectivity index (χ4v) is 2.84. The van der Waals surface area contributed by atoms with Crippen LogP contribution in [0.25, 0.3) is 0 Å². The van der Waals surface area contributed by atoms with E-state index in [9.17, 15) is 9.00 Å². The molecule has 0 aromatic heterocycles. The molecule has 4 nitrogen and oxygen atoms in total. The Kier molecular flexibility index (Phi) is 5.52. The van der Waals surface area contributed by atoms with Crippen LogP contribution in [0.2, 0.25) is 0 Å². The lowest BCUT2D eigenvalue weighted by Crippen LogP contribution is -2.19. The third-order valence-electron chi connectivity index (χ3n) is 2.71. The molecule has 110 valence electrons. The summed E-state index contributed by atoms with van der Waals surface area (Å²) in [6, 6.07) is 14.0. The summed E-state index contributed by atoms with van der Waals surface area (Å²) in [4.78, 5) is 12.5. The van der Waals surface area contributed by atoms with Crippen LogP contribution in [-0.2, 0) is 15.6 Å². The second-order valence-electron chi connectivity index (χ2n) is 4.22. The molecule has 2 rings (SSSR count). The summed E-state index contributed by atoms with van der Waals surface area (Å²) in [6.07, 6.45) is 0. The van der Waals surface area contributed by atoms with E-state index in [2.05, 4.69) is 21.2 Å². The molecule has 1 amide bonds. The second-order valence-corrected chi connectivity index (χ2v) is 6.59. The van der Waals surface area contributed by atoms with Gasteiger partial charge in [-0.2, -0.15) is 0 Å². The highest BCUT2D eigenvalue weighted by molar-refractivity contribution is 9.10. The fraction of sp³-hybridized carbons (Fsp3) is 0.133. The normalized spacial score (nSPS) is 11.7. The van der Waals surface area contributed by atoms with Crippen LogP contribution in [0, 0.1) is 0 Å². The number of hydrogen-bond acceptors (Lipinski definition) is 3. The molecule has 0 saturated carbocycles. The van der Waals surface area contributed by atoms with E-state index in [1.54, 1.807) is 55.6 Å². The Morgan fingerprint density at radius 1 is 1.14 bits per heavy atom. The molecule has 0 aliphatic heterocycles. The van der Waals surface area contributed by atoms with Gasteiger partial charge in [0.2, 0.25) is 5.91 Å². The quantitative estimate of drug-likeness (QED) is 0.882. The molecule has 6 heteroatoms. The smallest absolute Gasteiger partial charge is 0.237 e. The first kappa shape index (κ1) is 15.7. The molecular weight excluding hydrogens is 354 g/mol. The lowest BCUT2D eigenvalue weighted by atomic mass is 10.3. The van der Waals surface area contributed by atoms with Gasteiger partial charge in [0.25, 0.3) is 0 Å². The van der Waals surface area contributed by atoms with Crippen molar-refractivity contribution in [2.45, 2.75) is 4.90 Å². The largest absolute Gasteiger partial charge is 0.497 e. The maximum atomic E-state index is 12.1. The van der Waals surface area contributed by atoms with Crippen LogP contribution in [0.3, 0.4) is 0 Å². The van der Waals surface area contributed by atoms with Crippen LogP contribution in [-0.4, -0.2) is 23.0 Å². The first-order chi connectivity index (χ1) is 10.1. The Morgan fingerprint density at radius 2 is 1.76 bits per heavy atom. The monoisotopic (exact) mass is 367 g/mol. The number of rotatable bonds is 5. The van der Waals surface area contributed by atoms with Crippen LogP contribution >= 0.6 is 15.9 Å². The van der Waals surface area contributed by atoms with Gasteiger partial charge in [-0.15, -0.1) is 0 Å². The van der Waals surface area contributed by atoms with Gasteiger partial charge >= 0.3 is 0 Å². The first-order valence-electron chi connectivity index (χ1n) is 6.16. The molecule has 0 saturated heterocycles. The number of amides is 1. The number of hydrogen-bond donors (Lipinski definition) is 1. The van der Waals surface area contributed by atoms with E-state index in [0.717, 1.165) is 4.47 Å². The van der Waals surface area contributed by atoms with Gasteiger partial charge in [0.05, 0.1) is 17.9 Å². The fourth-order valence-electron chi connectivity index (χ4n) is 1.66. The summed E-state index contributed by atoms with van der Waals surface area (Å²) in [5.74, 6) is 0.348. The van der Waals surface area contributed by atoms with Crippen LogP contribution < -0.4 is 10.1 Å². The average Bonchev–Trinajstić information content (AvgIpc) is 2.48. The van der Waals surface area contributed by atoms with Crippen molar-refractivity contribution in [2.75, 3.05) is 18.2 Å². The van der Waals surface area contributed by atoms with Crippen molar-refractivity contribution >= 4 is 38.3 Å². The molecular formula is C15H14BrNO3S. The van der Waals surface area contributed by atoms with E-state index in [-0.39, 0.29) is 11.7 Å². The van der Waals surface area contributed by atoms with Gasteiger partial charge in [-0.3, -0.25) is 9.00 Å². The van der Waals surface area contributed by atoms with Crippen molar-refractivity contribution in [1.29, 1.82) is 0 Å². The molecule has 0 aliphatic carbocycles. The van der Waals surface area contributed by atoms with Gasteiger partial charge in [0.15, 0.2) is 0 Å². The highest BCUT2D eigenvalue weighted by Gasteiger charge is 2.10. The second kappa shape index (κ2) is 7.38. The van der Waals surface area contributed by atoms with Gasteiger partial charge in [0.1, 0.15) is 11.5 Å². The van der Waals surface area contributed by atoms with Crippen molar-refractivity contribution in [1.82, 2.24) is 0 Å². The van der Waals surface area contributed by atoms with Crippen LogP contribution in [0.1, 0.15) is 0 Å². The Bertz CT molecular complexity index is 641. The van der Waals surface area contributed by atoms with Crippen LogP contribution in [0.15, 0.2) is 57.9 Å². The number of methoxy groups -OCH3 is 1. The van der Waals surface area contributed by atoms with E-state index >= 15 is 0 Å². The number of carbonyl (C=O) groups excluding carboxylic acids is 1. The predicted molar refractivity (Wildman–Crippen MR) is 87.0 cm³/mol. The van der Waals surface area contributed by atoms with Crippen molar-refractivity contribution in [3.05, 3.63) is 53.0 Å². The highest BCUT2D eigenvalue weighted by atomic mass is 79.9. The Balaban J connectivity index is 1.94. The zero-order chi connectivity index (χ0) is 15.2. The average molecular weight is 368 g/mol. The lowest BCUT2D eigenvalue weighted by Gasteiger charge is -2.06. The molecule has 0 unspecified atom stereocenters. The van der Waals surface area contributed by atoms with E-state index < -0.39 is 10.8 Å². The number of benzene rings is 2. The number of nitrogens with one attached hydrogen (secondary N) is 1. The van der Waals surface area contributed by atoms with Gasteiger partial charge in [-0.1, -0.05) is 15.9 Å². The van der Waals surface area contributed by atoms with Crippen molar-refractivity contribution in [3.63, 3.8) is 0 Å². The first-order valence-corrected chi connectivity index (χ1v) is 8.27. The third-order valence-corrected chi connectivity index (χ3v) is 4.56. The summed E-state index contributed by atoms with van der Waals surface area (Å²) in [5.41, 5.74) is 0.647. The Morgan fingerprint density at radius 3 is 2.33 bits per heavy atom. The minimum Gasteiger partial charge on any atom is -0.497 e. The third kappa shape index (κ3) is 4.68. The maximum Gasteiger partial charge on any atom is 0.237 e. The standard InChI is InChI=1S/C15H14BrNO3S/c1-20-13-6-4-12(5-7-13)17-15(18)10-21(19)14-8-2-11(16)3-9-14/h2-9H,10H2,1H3,(H,17,18)/t21-/m0/s1. The van der Waals surface area contributed by atoms with Gasteiger partial charge in [-0.25, -0.2) is 0 Å². The maximum absolute atomic E-state index is 12.1. The number of ether oxygens (including phenoxy) is 1. The van der Waals surface area contributed by atoms with Crippen molar-refractivity contribution in [2.24, 2.45) is 0 Å². The van der Waals surface area contributed by atoms with E-state index in [0.29, 0.717) is 16.3 Å². The minimum absolute atomic E-state index is 0.0757. The summed E-state index contributed by atoms with van der Waals surface area (Å²) < 4.78 is 18.0. The predicted octanol–water partition coefficient (Wildman–Crippen LogP) is 3.20. The summed E-state index contributed by atoms with van der Waals surface area (Å²) in [7, 11) is 0.219. The van der Waals surface area contributed by atoms with E-state index in [1.807, 2.05) is 0 Å². The molecule has 0 bridgehead atoms. The molecule has 21 heavy (non-hydrogen) atoms. The van der Waals surface area contributed by atoms with E-state index in [4.69, 9.17) is 4.74 Å². The highest BCUT2D eigenvalue weighted by Crippen LogP contribution is 2.16. The summed E-state index contributed by atoms with van der Waals surface area (Å²) >= 11 is 3.31. The van der Waals surface area contributed by atoms with Crippen LogP contribution in [0.5, 0.6) is 5.75 Å². The van der Waals surface area contributed by atoms with E-state index in [1.165, 1.54) is 0 Å². The number of anilines is 1. The molecule has 0 spiro atoms. The van der Waals surface area contributed by atoms with Gasteiger partial charge in [0, 0.05) is 15.1 Å². The van der Waals surface area contributed by atoms with Crippen molar-refractivity contribution in [3.8, 4) is 5.75 Å². The van der Waals surface area contributed by atoms with Gasteiger partial charge in [-0.05, 0) is 48.5 Å². The number of carbonyl (C=O) groups is 1. The Hall–Kier alpha value is -1.66. The lowest BCUT2D eigenvalue weighted by molar-refractivity contribution is -0.113. The zero-order valence-electron chi connectivity index (χ0n) is 11.3. The molecule has 0 fully saturated rings. The van der Waals surface area contributed by atoms with Crippen LogP contribution in [0.4, 0.5) is 5.69 Å². The Labute approximate surface area is 134 Å².